The molecule has 0 saturated heterocycles. The highest BCUT2D eigenvalue weighted by molar-refractivity contribution is 7.12. The van der Waals surface area contributed by atoms with E-state index in [1.807, 2.05) is 6.92 Å². The zero-order valence-corrected chi connectivity index (χ0v) is 11.3. The maximum absolute atomic E-state index is 4.86. The van der Waals surface area contributed by atoms with Crippen molar-refractivity contribution in [1.82, 2.24) is 20.1 Å². The van der Waals surface area contributed by atoms with E-state index in [9.17, 15) is 0 Å². The van der Waals surface area contributed by atoms with Crippen LogP contribution in [0, 0.1) is 6.92 Å². The van der Waals surface area contributed by atoms with Crippen LogP contribution in [0.1, 0.15) is 41.4 Å². The third kappa shape index (κ3) is 1.61. The molecule has 2 aromatic rings. The summed E-state index contributed by atoms with van der Waals surface area (Å²) >= 11 is 1.69. The van der Waals surface area contributed by atoms with Crippen LogP contribution in [0.5, 0.6) is 0 Å². The number of hydrogen-bond donors (Lipinski definition) is 1. The van der Waals surface area contributed by atoms with E-state index < -0.39 is 0 Å². The number of thiazole rings is 1. The summed E-state index contributed by atoms with van der Waals surface area (Å²) in [7, 11) is 0. The largest absolute Gasteiger partial charge is 0.312 e. The number of rotatable bonds is 2. The van der Waals surface area contributed by atoms with Crippen LogP contribution >= 0.6 is 11.3 Å². The van der Waals surface area contributed by atoms with E-state index >= 15 is 0 Å². The Labute approximate surface area is 110 Å². The number of aromatic nitrogens is 3. The Morgan fingerprint density at radius 2 is 2.33 bits per heavy atom. The molecule has 4 nitrogen and oxygen atoms in total. The Balaban J connectivity index is 1.87. The minimum atomic E-state index is 0.709. The quantitative estimate of drug-likeness (QED) is 0.900. The summed E-state index contributed by atoms with van der Waals surface area (Å²) in [4.78, 5) is 4.58. The van der Waals surface area contributed by atoms with E-state index in [0.29, 0.717) is 5.92 Å². The van der Waals surface area contributed by atoms with E-state index in [-0.39, 0.29) is 0 Å². The lowest BCUT2D eigenvalue weighted by Gasteiger charge is -2.14. The molecule has 2 aliphatic rings. The first-order chi connectivity index (χ1) is 8.83. The second-order valence-corrected chi connectivity index (χ2v) is 6.03. The van der Waals surface area contributed by atoms with Gasteiger partial charge in [0.15, 0.2) is 0 Å². The van der Waals surface area contributed by atoms with Crippen LogP contribution in [-0.2, 0) is 13.0 Å². The third-order valence-corrected chi connectivity index (χ3v) is 4.65. The molecule has 1 saturated carbocycles. The van der Waals surface area contributed by atoms with Gasteiger partial charge in [-0.05, 0) is 19.8 Å². The highest BCUT2D eigenvalue weighted by atomic mass is 32.1. The van der Waals surface area contributed by atoms with E-state index in [0.717, 1.165) is 30.3 Å². The summed E-state index contributed by atoms with van der Waals surface area (Å²) in [5.74, 6) is 0.709. The average molecular weight is 260 g/mol. The Hall–Kier alpha value is -1.20. The van der Waals surface area contributed by atoms with Crippen LogP contribution in [0.25, 0.3) is 5.13 Å². The fraction of sp³-hybridized carbons (Fsp3) is 0.538. The van der Waals surface area contributed by atoms with Crippen LogP contribution in [0.15, 0.2) is 5.38 Å². The molecule has 94 valence electrons. The summed E-state index contributed by atoms with van der Waals surface area (Å²) in [5, 5.41) is 11.4. The maximum Gasteiger partial charge on any atom is 0.210 e. The summed E-state index contributed by atoms with van der Waals surface area (Å²) < 4.78 is 2.10. The van der Waals surface area contributed by atoms with Crippen molar-refractivity contribution in [3.63, 3.8) is 0 Å². The molecule has 5 heteroatoms. The van der Waals surface area contributed by atoms with Gasteiger partial charge < -0.3 is 5.32 Å². The fourth-order valence-electron chi connectivity index (χ4n) is 2.66. The van der Waals surface area contributed by atoms with Gasteiger partial charge in [-0.2, -0.15) is 5.10 Å². The van der Waals surface area contributed by atoms with Crippen molar-refractivity contribution in [3.8, 4) is 5.13 Å². The van der Waals surface area contributed by atoms with Crippen LogP contribution in [0.2, 0.25) is 0 Å². The maximum atomic E-state index is 4.86. The highest BCUT2D eigenvalue weighted by Crippen LogP contribution is 2.42. The van der Waals surface area contributed by atoms with Crippen LogP contribution in [0.4, 0.5) is 0 Å². The van der Waals surface area contributed by atoms with E-state index in [4.69, 9.17) is 5.10 Å². The highest BCUT2D eigenvalue weighted by Gasteiger charge is 2.32. The van der Waals surface area contributed by atoms with Gasteiger partial charge in [-0.25, -0.2) is 9.67 Å². The molecule has 18 heavy (non-hydrogen) atoms. The summed E-state index contributed by atoms with van der Waals surface area (Å²) in [6, 6.07) is 0. The summed E-state index contributed by atoms with van der Waals surface area (Å²) in [6.07, 6.45) is 3.67. The molecule has 1 fully saturated rings. The smallest absolute Gasteiger partial charge is 0.210 e. The van der Waals surface area contributed by atoms with Gasteiger partial charge in [-0.1, -0.05) is 0 Å². The molecule has 0 unspecified atom stereocenters. The Morgan fingerprint density at radius 3 is 3.06 bits per heavy atom. The monoisotopic (exact) mass is 260 g/mol. The normalized spacial score (nSPS) is 18.9. The molecule has 0 atom stereocenters. The SMILES string of the molecule is Cc1csc(-n2nc(C3CC3)c3c2CCNC3)n1. The predicted molar refractivity (Wildman–Crippen MR) is 71.4 cm³/mol. The van der Waals surface area contributed by atoms with Crippen molar-refractivity contribution in [2.45, 2.75) is 38.6 Å². The fourth-order valence-corrected chi connectivity index (χ4v) is 3.43. The lowest BCUT2D eigenvalue weighted by molar-refractivity contribution is 0.621. The topological polar surface area (TPSA) is 42.7 Å². The molecule has 0 spiro atoms. The van der Waals surface area contributed by atoms with E-state index in [2.05, 4.69) is 20.4 Å². The number of nitrogens with one attached hydrogen (secondary N) is 1. The molecule has 1 aliphatic carbocycles. The molecule has 3 heterocycles. The Bertz CT molecular complexity index is 594. The molecule has 1 N–H and O–H groups in total. The van der Waals surface area contributed by atoms with Gasteiger partial charge in [0.2, 0.25) is 5.13 Å². The van der Waals surface area contributed by atoms with E-state index in [1.54, 1.807) is 11.3 Å². The summed E-state index contributed by atoms with van der Waals surface area (Å²) in [6.45, 7) is 4.07. The first kappa shape index (κ1) is 10.7. The van der Waals surface area contributed by atoms with Crippen LogP contribution < -0.4 is 5.32 Å². The van der Waals surface area contributed by atoms with Gasteiger partial charge in [0.1, 0.15) is 0 Å². The molecular formula is C13H16N4S. The minimum Gasteiger partial charge on any atom is -0.312 e. The van der Waals surface area contributed by atoms with Crippen molar-refractivity contribution >= 4 is 11.3 Å². The Morgan fingerprint density at radius 1 is 1.44 bits per heavy atom. The third-order valence-electron chi connectivity index (χ3n) is 3.71. The molecule has 0 radical (unpaired) electrons. The van der Waals surface area contributed by atoms with Gasteiger partial charge >= 0.3 is 0 Å². The van der Waals surface area contributed by atoms with Crippen molar-refractivity contribution in [1.29, 1.82) is 0 Å². The lowest BCUT2D eigenvalue weighted by Crippen LogP contribution is -2.24. The molecule has 4 rings (SSSR count). The van der Waals surface area contributed by atoms with Crippen molar-refractivity contribution in [2.75, 3.05) is 6.54 Å². The average Bonchev–Trinajstić information content (AvgIpc) is 3.03. The molecule has 2 aromatic heterocycles. The predicted octanol–water partition coefficient (Wildman–Crippen LogP) is 2.16. The Kier molecular flexibility index (Phi) is 2.32. The number of fused-ring (bicyclic) bond motifs is 1. The van der Waals surface area contributed by atoms with Crippen molar-refractivity contribution in [2.24, 2.45) is 0 Å². The number of hydrogen-bond acceptors (Lipinski definition) is 4. The second-order valence-electron chi connectivity index (χ2n) is 5.19. The van der Waals surface area contributed by atoms with Gasteiger partial charge in [0.05, 0.1) is 17.1 Å². The van der Waals surface area contributed by atoms with E-state index in [1.165, 1.54) is 29.8 Å². The first-order valence-electron chi connectivity index (χ1n) is 6.57. The number of nitrogens with zero attached hydrogens (tertiary/aromatic N) is 3. The second kappa shape index (κ2) is 3.90. The number of aryl methyl sites for hydroxylation is 1. The van der Waals surface area contributed by atoms with Gasteiger partial charge in [-0.15, -0.1) is 11.3 Å². The minimum absolute atomic E-state index is 0.709. The van der Waals surface area contributed by atoms with Gasteiger partial charge in [0, 0.05) is 36.4 Å². The zero-order chi connectivity index (χ0) is 12.1. The zero-order valence-electron chi connectivity index (χ0n) is 10.4. The van der Waals surface area contributed by atoms with Crippen molar-refractivity contribution in [3.05, 3.63) is 28.0 Å². The van der Waals surface area contributed by atoms with Crippen LogP contribution in [-0.4, -0.2) is 21.3 Å². The van der Waals surface area contributed by atoms with Crippen LogP contribution in [0.3, 0.4) is 0 Å². The van der Waals surface area contributed by atoms with Crippen molar-refractivity contribution < 1.29 is 0 Å². The molecule has 1 aliphatic heterocycles. The lowest BCUT2D eigenvalue weighted by atomic mass is 10.0. The van der Waals surface area contributed by atoms with Gasteiger partial charge in [0.25, 0.3) is 0 Å². The van der Waals surface area contributed by atoms with Gasteiger partial charge in [-0.3, -0.25) is 0 Å². The summed E-state index contributed by atoms with van der Waals surface area (Å²) in [5.41, 5.74) is 5.23. The molecule has 0 aromatic carbocycles. The first-order valence-corrected chi connectivity index (χ1v) is 7.45. The molecular weight excluding hydrogens is 244 g/mol. The standard InChI is InChI=1S/C13H16N4S/c1-8-7-18-13(15-8)17-11-4-5-14-6-10(11)12(16-17)9-2-3-9/h7,9,14H,2-6H2,1H3. The molecule has 0 bridgehead atoms. The molecule has 0 amide bonds.